The number of aromatic nitrogens is 7. The lowest BCUT2D eigenvalue weighted by molar-refractivity contribution is -0.0675. The van der Waals surface area contributed by atoms with Gasteiger partial charge in [-0.25, -0.2) is 31.7 Å². The molecule has 5 rings (SSSR count). The van der Waals surface area contributed by atoms with E-state index in [2.05, 4.69) is 36.0 Å². The van der Waals surface area contributed by atoms with Crippen LogP contribution in [0.2, 0.25) is 0 Å². The van der Waals surface area contributed by atoms with Crippen LogP contribution in [0.4, 0.5) is 29.3 Å². The Kier molecular flexibility index (Phi) is 5.46. The van der Waals surface area contributed by atoms with Gasteiger partial charge in [0.05, 0.1) is 18.3 Å². The van der Waals surface area contributed by atoms with E-state index in [0.717, 1.165) is 4.68 Å². The molecule has 14 heteroatoms. The molecule has 0 saturated carbocycles. The summed E-state index contributed by atoms with van der Waals surface area (Å²) < 4.78 is 57.3. The predicted octanol–water partition coefficient (Wildman–Crippen LogP) is 2.59. The molecule has 5 heterocycles. The summed E-state index contributed by atoms with van der Waals surface area (Å²) in [6, 6.07) is 4.00. The van der Waals surface area contributed by atoms with Crippen LogP contribution in [0.5, 0.6) is 0 Å². The molecule has 0 amide bonds. The summed E-state index contributed by atoms with van der Waals surface area (Å²) in [6.45, 7) is -0.428. The van der Waals surface area contributed by atoms with Gasteiger partial charge < -0.3 is 15.5 Å². The van der Waals surface area contributed by atoms with E-state index in [1.54, 1.807) is 43.4 Å². The summed E-state index contributed by atoms with van der Waals surface area (Å²) in [5, 5.41) is 17.8. The van der Waals surface area contributed by atoms with Crippen LogP contribution in [-0.4, -0.2) is 85.1 Å². The molecule has 4 aromatic rings. The topological polar surface area (TPSA) is 101 Å². The lowest BCUT2D eigenvalue weighted by Gasteiger charge is -2.36. The second-order valence-electron chi connectivity index (χ2n) is 8.24. The number of anilines is 2. The number of nitrogens with one attached hydrogen (secondary N) is 2. The molecule has 1 saturated heterocycles. The third kappa shape index (κ3) is 3.97. The molecule has 0 aliphatic carbocycles. The molecule has 1 fully saturated rings. The average Bonchev–Trinajstić information content (AvgIpc) is 3.38. The highest BCUT2D eigenvalue weighted by molar-refractivity contribution is 5.89. The van der Waals surface area contributed by atoms with E-state index in [0.29, 0.717) is 34.7 Å². The highest BCUT2D eigenvalue weighted by Crippen LogP contribution is 2.32. The van der Waals surface area contributed by atoms with E-state index in [-0.39, 0.29) is 24.6 Å². The van der Waals surface area contributed by atoms with Gasteiger partial charge in [-0.1, -0.05) is 5.21 Å². The summed E-state index contributed by atoms with van der Waals surface area (Å²) in [5.41, 5.74) is 2.29. The first-order valence-electron chi connectivity index (χ1n) is 10.6. The van der Waals surface area contributed by atoms with Crippen LogP contribution in [-0.2, 0) is 6.54 Å². The van der Waals surface area contributed by atoms with Crippen molar-refractivity contribution in [3.63, 3.8) is 0 Å². The maximum atomic E-state index is 14.5. The van der Waals surface area contributed by atoms with Gasteiger partial charge in [-0.3, -0.25) is 0 Å². The van der Waals surface area contributed by atoms with Gasteiger partial charge in [-0.2, -0.15) is 4.98 Å². The zero-order valence-corrected chi connectivity index (χ0v) is 18.4. The average molecular weight is 478 g/mol. The van der Waals surface area contributed by atoms with Crippen molar-refractivity contribution in [2.45, 2.75) is 31.4 Å². The number of fused-ring (bicyclic) bond motifs is 2. The van der Waals surface area contributed by atoms with E-state index in [1.807, 2.05) is 0 Å². The SMILES string of the molecule is CNc1nc(N[C@@H]2CCN(C)CC2(F)F)nn2ccc(-c3ccc4nnn(CC(F)F)c4n3)c12. The third-order valence-corrected chi connectivity index (χ3v) is 5.79. The Balaban J connectivity index is 1.52. The summed E-state index contributed by atoms with van der Waals surface area (Å²) in [4.78, 5) is 10.5. The molecule has 0 radical (unpaired) electrons. The normalized spacial score (nSPS) is 18.7. The Bertz CT molecular complexity index is 1330. The summed E-state index contributed by atoms with van der Waals surface area (Å²) in [6.07, 6.45) is -0.690. The van der Waals surface area contributed by atoms with Gasteiger partial charge in [0.25, 0.3) is 12.3 Å². The molecule has 1 aliphatic heterocycles. The molecule has 2 N–H and O–H groups in total. The van der Waals surface area contributed by atoms with E-state index in [1.165, 1.54) is 4.52 Å². The molecular weight excluding hydrogens is 456 g/mol. The minimum Gasteiger partial charge on any atom is -0.371 e. The minimum absolute atomic E-state index is 0.0656. The van der Waals surface area contributed by atoms with Gasteiger partial charge in [0, 0.05) is 25.4 Å². The Morgan fingerprint density at radius 3 is 2.76 bits per heavy atom. The van der Waals surface area contributed by atoms with Crippen LogP contribution >= 0.6 is 0 Å². The van der Waals surface area contributed by atoms with Gasteiger partial charge >= 0.3 is 0 Å². The molecule has 0 aromatic carbocycles. The van der Waals surface area contributed by atoms with Crippen molar-refractivity contribution in [1.82, 2.24) is 39.5 Å². The second kappa shape index (κ2) is 8.34. The van der Waals surface area contributed by atoms with Crippen molar-refractivity contribution in [1.29, 1.82) is 0 Å². The predicted molar refractivity (Wildman–Crippen MR) is 117 cm³/mol. The first-order chi connectivity index (χ1) is 16.2. The van der Waals surface area contributed by atoms with Crippen LogP contribution in [0.3, 0.4) is 0 Å². The molecule has 1 aliphatic rings. The van der Waals surface area contributed by atoms with Crippen molar-refractivity contribution in [2.24, 2.45) is 0 Å². The number of hydrogen-bond donors (Lipinski definition) is 2. The zero-order valence-electron chi connectivity index (χ0n) is 18.4. The van der Waals surface area contributed by atoms with Gasteiger partial charge in [0.1, 0.15) is 17.6 Å². The molecule has 0 unspecified atom stereocenters. The number of halogens is 4. The number of rotatable bonds is 6. The highest BCUT2D eigenvalue weighted by atomic mass is 19.3. The molecule has 1 atom stereocenters. The Hall–Kier alpha value is -3.55. The molecule has 0 bridgehead atoms. The van der Waals surface area contributed by atoms with Crippen molar-refractivity contribution in [2.75, 3.05) is 37.8 Å². The van der Waals surface area contributed by atoms with Gasteiger partial charge in [0.15, 0.2) is 11.5 Å². The maximum Gasteiger partial charge on any atom is 0.280 e. The monoisotopic (exact) mass is 478 g/mol. The third-order valence-electron chi connectivity index (χ3n) is 5.79. The lowest BCUT2D eigenvalue weighted by Crippen LogP contribution is -2.53. The van der Waals surface area contributed by atoms with Gasteiger partial charge in [0.2, 0.25) is 5.95 Å². The second-order valence-corrected chi connectivity index (χ2v) is 8.24. The largest absolute Gasteiger partial charge is 0.371 e. The number of likely N-dealkylation sites (tertiary alicyclic amines) is 1. The first kappa shape index (κ1) is 22.3. The summed E-state index contributed by atoms with van der Waals surface area (Å²) >= 11 is 0. The molecular formula is C20H22F4N10. The number of nitrogens with zero attached hydrogens (tertiary/aromatic N) is 8. The highest BCUT2D eigenvalue weighted by Gasteiger charge is 2.44. The van der Waals surface area contributed by atoms with Gasteiger partial charge in [-0.15, -0.1) is 10.2 Å². The van der Waals surface area contributed by atoms with Crippen LogP contribution in [0.25, 0.3) is 27.9 Å². The maximum absolute atomic E-state index is 14.5. The fourth-order valence-electron chi connectivity index (χ4n) is 4.17. The van der Waals surface area contributed by atoms with E-state index >= 15 is 0 Å². The van der Waals surface area contributed by atoms with Crippen LogP contribution < -0.4 is 10.6 Å². The number of pyridine rings is 1. The van der Waals surface area contributed by atoms with E-state index in [4.69, 9.17) is 0 Å². The van der Waals surface area contributed by atoms with E-state index < -0.39 is 24.9 Å². The standard InChI is InChI=1S/C20H22F4N10/c1-25-17-16-11(12-3-4-13-18(26-12)34(31-29-13)9-15(21)22)5-8-33(16)30-19(28-17)27-14-6-7-32(2)10-20(14,23)24/h3-5,8,14-15H,6-7,9-10H2,1-2H3,(H2,25,27,28,30)/t14-/m1/s1. The number of alkyl halides is 4. The van der Waals surface area contributed by atoms with Crippen molar-refractivity contribution < 1.29 is 17.6 Å². The summed E-state index contributed by atoms with van der Waals surface area (Å²) in [7, 11) is 3.32. The minimum atomic E-state index is -2.93. The molecule has 0 spiro atoms. The van der Waals surface area contributed by atoms with E-state index in [9.17, 15) is 17.6 Å². The Morgan fingerprint density at radius 2 is 2.03 bits per heavy atom. The number of hydrogen-bond acceptors (Lipinski definition) is 8. The summed E-state index contributed by atoms with van der Waals surface area (Å²) in [5.74, 6) is -2.47. The van der Waals surface area contributed by atoms with Crippen molar-refractivity contribution in [3.05, 3.63) is 24.4 Å². The molecule has 10 nitrogen and oxygen atoms in total. The van der Waals surface area contributed by atoms with Crippen molar-refractivity contribution in [3.8, 4) is 11.3 Å². The fourth-order valence-corrected chi connectivity index (χ4v) is 4.17. The van der Waals surface area contributed by atoms with Crippen LogP contribution in [0, 0.1) is 0 Å². The Labute approximate surface area is 191 Å². The van der Waals surface area contributed by atoms with Crippen LogP contribution in [0.15, 0.2) is 24.4 Å². The lowest BCUT2D eigenvalue weighted by atomic mass is 10.0. The fraction of sp³-hybridized carbons (Fsp3) is 0.450. The zero-order chi connectivity index (χ0) is 24.0. The first-order valence-corrected chi connectivity index (χ1v) is 10.6. The smallest absolute Gasteiger partial charge is 0.280 e. The van der Waals surface area contributed by atoms with Crippen molar-refractivity contribution >= 4 is 28.4 Å². The molecule has 4 aromatic heterocycles. The Morgan fingerprint density at radius 1 is 1.21 bits per heavy atom. The molecule has 180 valence electrons. The van der Waals surface area contributed by atoms with Crippen LogP contribution in [0.1, 0.15) is 6.42 Å². The molecule has 34 heavy (non-hydrogen) atoms. The quantitative estimate of drug-likeness (QED) is 0.408. The number of piperidine rings is 1. The van der Waals surface area contributed by atoms with Gasteiger partial charge in [-0.05, 0) is 31.7 Å².